The smallest absolute Gasteiger partial charge is 0.256 e. The van der Waals surface area contributed by atoms with Crippen LogP contribution in [0, 0.1) is 0 Å². The molecule has 8 nitrogen and oxygen atoms in total. The molecule has 2 aromatic heterocycles. The number of benzene rings is 2. The summed E-state index contributed by atoms with van der Waals surface area (Å²) in [5.41, 5.74) is 5.90. The summed E-state index contributed by atoms with van der Waals surface area (Å²) in [5, 5.41) is 11.6. The van der Waals surface area contributed by atoms with Gasteiger partial charge in [-0.15, -0.1) is 0 Å². The SMILES string of the molecule is COc1ccc2c(c1)C(=Cc1ccc3c(-c4ccc(N5CCN(C)CC5)nc4)n[nH]c3c1)C(=O)N2. The fraction of sp³-hybridized carbons (Fsp3) is 0.222. The van der Waals surface area contributed by atoms with Crippen molar-refractivity contribution < 1.29 is 9.53 Å². The Kier molecular flexibility index (Phi) is 5.22. The average molecular weight is 467 g/mol. The molecular weight excluding hydrogens is 440 g/mol. The number of aromatic amines is 1. The van der Waals surface area contributed by atoms with Gasteiger partial charge in [0.25, 0.3) is 5.91 Å². The topological polar surface area (TPSA) is 86.4 Å². The molecule has 6 rings (SSSR count). The van der Waals surface area contributed by atoms with Gasteiger partial charge in [0.15, 0.2) is 0 Å². The molecule has 0 unspecified atom stereocenters. The van der Waals surface area contributed by atoms with Crippen LogP contribution in [0.3, 0.4) is 0 Å². The van der Waals surface area contributed by atoms with Gasteiger partial charge in [-0.1, -0.05) is 6.07 Å². The van der Waals surface area contributed by atoms with Gasteiger partial charge < -0.3 is 19.9 Å². The van der Waals surface area contributed by atoms with E-state index in [9.17, 15) is 4.79 Å². The number of amides is 1. The van der Waals surface area contributed by atoms with Crippen molar-refractivity contribution >= 4 is 40.0 Å². The number of carbonyl (C=O) groups is 1. The Labute approximate surface area is 203 Å². The largest absolute Gasteiger partial charge is 0.497 e. The molecule has 2 aromatic carbocycles. The van der Waals surface area contributed by atoms with Crippen LogP contribution in [0.25, 0.3) is 33.8 Å². The van der Waals surface area contributed by atoms with Crippen LogP contribution in [-0.4, -0.2) is 66.3 Å². The Hall–Kier alpha value is -4.17. The van der Waals surface area contributed by atoms with E-state index in [1.807, 2.05) is 48.7 Å². The molecule has 2 N–H and O–H groups in total. The number of ether oxygens (including phenoxy) is 1. The molecule has 1 saturated heterocycles. The first kappa shape index (κ1) is 21.4. The summed E-state index contributed by atoms with van der Waals surface area (Å²) in [5.74, 6) is 1.60. The fourth-order valence-electron chi connectivity index (χ4n) is 4.70. The summed E-state index contributed by atoms with van der Waals surface area (Å²) in [6.45, 7) is 4.07. The van der Waals surface area contributed by atoms with Crippen LogP contribution in [0.5, 0.6) is 5.75 Å². The lowest BCUT2D eigenvalue weighted by Crippen LogP contribution is -2.44. The summed E-state index contributed by atoms with van der Waals surface area (Å²) in [6.07, 6.45) is 3.79. The number of nitrogens with one attached hydrogen (secondary N) is 2. The third-order valence-electron chi connectivity index (χ3n) is 6.76. The first-order chi connectivity index (χ1) is 17.1. The molecule has 0 radical (unpaired) electrons. The molecule has 0 atom stereocenters. The van der Waals surface area contributed by atoms with Crippen molar-refractivity contribution in [2.75, 3.05) is 50.6 Å². The number of anilines is 2. The molecule has 0 bridgehead atoms. The van der Waals surface area contributed by atoms with Gasteiger partial charge in [0.2, 0.25) is 0 Å². The van der Waals surface area contributed by atoms with Crippen molar-refractivity contribution in [3.05, 3.63) is 65.9 Å². The second-order valence-electron chi connectivity index (χ2n) is 9.00. The van der Waals surface area contributed by atoms with Crippen LogP contribution in [-0.2, 0) is 4.79 Å². The second kappa shape index (κ2) is 8.56. The van der Waals surface area contributed by atoms with Crippen molar-refractivity contribution in [1.82, 2.24) is 20.1 Å². The summed E-state index contributed by atoms with van der Waals surface area (Å²) in [7, 11) is 3.77. The van der Waals surface area contributed by atoms with Crippen LogP contribution in [0.15, 0.2) is 54.7 Å². The van der Waals surface area contributed by atoms with Crippen LogP contribution >= 0.6 is 0 Å². The lowest BCUT2D eigenvalue weighted by molar-refractivity contribution is -0.110. The third kappa shape index (κ3) is 3.91. The minimum atomic E-state index is -0.120. The summed E-state index contributed by atoms with van der Waals surface area (Å²) >= 11 is 0. The number of hydrogen-bond acceptors (Lipinski definition) is 6. The second-order valence-corrected chi connectivity index (χ2v) is 9.00. The van der Waals surface area contributed by atoms with E-state index >= 15 is 0 Å². The molecule has 176 valence electrons. The molecule has 4 aromatic rings. The Morgan fingerprint density at radius 2 is 1.89 bits per heavy atom. The van der Waals surface area contributed by atoms with Gasteiger partial charge in [-0.05, 0) is 61.2 Å². The molecule has 1 amide bonds. The highest BCUT2D eigenvalue weighted by molar-refractivity contribution is 6.35. The van der Waals surface area contributed by atoms with E-state index < -0.39 is 0 Å². The zero-order chi connectivity index (χ0) is 23.9. The fourth-order valence-corrected chi connectivity index (χ4v) is 4.70. The zero-order valence-corrected chi connectivity index (χ0v) is 19.7. The number of H-pyrrole nitrogens is 1. The maximum Gasteiger partial charge on any atom is 0.256 e. The number of piperazine rings is 1. The maximum atomic E-state index is 12.6. The quantitative estimate of drug-likeness (QED) is 0.444. The molecule has 35 heavy (non-hydrogen) atoms. The molecule has 2 aliphatic heterocycles. The number of fused-ring (bicyclic) bond motifs is 2. The predicted molar refractivity (Wildman–Crippen MR) is 139 cm³/mol. The van der Waals surface area contributed by atoms with Gasteiger partial charge in [-0.2, -0.15) is 5.10 Å². The van der Waals surface area contributed by atoms with E-state index in [0.29, 0.717) is 11.3 Å². The normalized spacial score (nSPS) is 17.1. The zero-order valence-electron chi connectivity index (χ0n) is 19.7. The number of likely N-dealkylation sites (N-methyl/N-ethyl adjacent to an activating group) is 1. The molecule has 0 saturated carbocycles. The molecule has 4 heterocycles. The van der Waals surface area contributed by atoms with E-state index in [4.69, 9.17) is 9.72 Å². The van der Waals surface area contributed by atoms with Crippen molar-refractivity contribution in [3.63, 3.8) is 0 Å². The maximum absolute atomic E-state index is 12.6. The number of pyridine rings is 1. The van der Waals surface area contributed by atoms with Gasteiger partial charge in [-0.3, -0.25) is 9.89 Å². The summed E-state index contributed by atoms with van der Waals surface area (Å²) in [4.78, 5) is 22.0. The van der Waals surface area contributed by atoms with Gasteiger partial charge >= 0.3 is 0 Å². The molecule has 0 spiro atoms. The molecule has 2 aliphatic rings. The highest BCUT2D eigenvalue weighted by atomic mass is 16.5. The lowest BCUT2D eigenvalue weighted by Gasteiger charge is -2.33. The van der Waals surface area contributed by atoms with E-state index in [1.165, 1.54) is 0 Å². The average Bonchev–Trinajstić information content (AvgIpc) is 3.44. The van der Waals surface area contributed by atoms with Gasteiger partial charge in [0.05, 0.1) is 12.6 Å². The Morgan fingerprint density at radius 3 is 2.66 bits per heavy atom. The van der Waals surface area contributed by atoms with Crippen LogP contribution in [0.2, 0.25) is 0 Å². The van der Waals surface area contributed by atoms with E-state index in [-0.39, 0.29) is 5.91 Å². The van der Waals surface area contributed by atoms with Gasteiger partial charge in [0, 0.05) is 60.1 Å². The number of hydrogen-bond donors (Lipinski definition) is 2. The molecule has 0 aliphatic carbocycles. The first-order valence-electron chi connectivity index (χ1n) is 11.7. The molecular formula is C27H26N6O2. The lowest BCUT2D eigenvalue weighted by atomic mass is 10.0. The van der Waals surface area contributed by atoms with Crippen molar-refractivity contribution in [2.45, 2.75) is 0 Å². The van der Waals surface area contributed by atoms with E-state index in [2.05, 4.69) is 44.5 Å². The van der Waals surface area contributed by atoms with Crippen molar-refractivity contribution in [3.8, 4) is 17.0 Å². The van der Waals surface area contributed by atoms with Crippen LogP contribution in [0.1, 0.15) is 11.1 Å². The van der Waals surface area contributed by atoms with Crippen LogP contribution < -0.4 is 15.0 Å². The van der Waals surface area contributed by atoms with Crippen molar-refractivity contribution in [2.24, 2.45) is 0 Å². The highest BCUT2D eigenvalue weighted by Crippen LogP contribution is 2.36. The Balaban J connectivity index is 1.28. The Morgan fingerprint density at radius 1 is 1.03 bits per heavy atom. The van der Waals surface area contributed by atoms with Gasteiger partial charge in [0.1, 0.15) is 17.3 Å². The summed E-state index contributed by atoms with van der Waals surface area (Å²) in [6, 6.07) is 15.8. The highest BCUT2D eigenvalue weighted by Gasteiger charge is 2.24. The minimum Gasteiger partial charge on any atom is -0.497 e. The predicted octanol–water partition coefficient (Wildman–Crippen LogP) is 3.88. The first-order valence-corrected chi connectivity index (χ1v) is 11.7. The standard InChI is InChI=1S/C27H26N6O2/c1-32-9-11-33(12-10-32)25-8-4-18(16-28-25)26-20-6-3-17(14-24(20)30-31-26)13-22-21-15-19(35-2)5-7-23(21)29-27(22)34/h3-8,13-16H,9-12H2,1-2H3,(H,29,34)(H,30,31). The third-order valence-corrected chi connectivity index (χ3v) is 6.76. The van der Waals surface area contributed by atoms with E-state index in [1.54, 1.807) is 7.11 Å². The van der Waals surface area contributed by atoms with Crippen LogP contribution in [0.4, 0.5) is 11.5 Å². The number of rotatable bonds is 4. The van der Waals surface area contributed by atoms with E-state index in [0.717, 1.165) is 71.0 Å². The molecule has 1 fully saturated rings. The monoisotopic (exact) mass is 466 g/mol. The number of methoxy groups -OCH3 is 1. The number of aromatic nitrogens is 3. The number of nitrogens with zero attached hydrogens (tertiary/aromatic N) is 4. The van der Waals surface area contributed by atoms with Crippen molar-refractivity contribution in [1.29, 1.82) is 0 Å². The Bertz CT molecular complexity index is 1450. The summed E-state index contributed by atoms with van der Waals surface area (Å²) < 4.78 is 5.33. The minimum absolute atomic E-state index is 0.120. The molecule has 8 heteroatoms. The van der Waals surface area contributed by atoms with Gasteiger partial charge in [-0.25, -0.2) is 4.98 Å². The number of carbonyl (C=O) groups excluding carboxylic acids is 1.